The highest BCUT2D eigenvalue weighted by Crippen LogP contribution is 2.18. The quantitative estimate of drug-likeness (QED) is 0.603. The van der Waals surface area contributed by atoms with Crippen molar-refractivity contribution in [2.75, 3.05) is 0 Å². The Hall–Kier alpha value is -1.63. The smallest absolute Gasteiger partial charge is 0.199 e. The largest absolute Gasteiger partial charge is 0.272 e. The van der Waals surface area contributed by atoms with Gasteiger partial charge in [0.25, 0.3) is 0 Å². The predicted octanol–water partition coefficient (Wildman–Crippen LogP) is 2.35. The number of rotatable bonds is 1. The monoisotopic (exact) mass is 231 g/mol. The van der Waals surface area contributed by atoms with E-state index in [1.54, 1.807) is 0 Å². The molecule has 15 heavy (non-hydrogen) atoms. The minimum absolute atomic E-state index is 0.0545. The Bertz CT molecular complexity index is 560. The molecule has 0 spiro atoms. The van der Waals surface area contributed by atoms with Crippen LogP contribution in [0.4, 0.5) is 13.2 Å². The number of aromatic nitrogens is 3. The molecule has 0 aliphatic heterocycles. The first-order valence-corrected chi connectivity index (χ1v) is 4.27. The molecule has 0 unspecified atom stereocenters. The molecule has 0 radical (unpaired) electrons. The van der Waals surface area contributed by atoms with Gasteiger partial charge in [-0.25, -0.2) is 13.2 Å². The zero-order chi connectivity index (χ0) is 11.0. The molecule has 2 aromatic rings. The van der Waals surface area contributed by atoms with E-state index in [4.69, 9.17) is 12.2 Å². The second-order valence-corrected chi connectivity index (χ2v) is 3.14. The van der Waals surface area contributed by atoms with Gasteiger partial charge in [0.1, 0.15) is 12.1 Å². The van der Waals surface area contributed by atoms with Crippen molar-refractivity contribution in [2.24, 2.45) is 0 Å². The lowest BCUT2D eigenvalue weighted by Crippen LogP contribution is -2.00. The van der Waals surface area contributed by atoms with Crippen LogP contribution in [0.3, 0.4) is 0 Å². The van der Waals surface area contributed by atoms with E-state index in [1.165, 1.54) is 0 Å². The van der Waals surface area contributed by atoms with E-state index < -0.39 is 17.5 Å². The number of halogens is 3. The molecule has 3 nitrogen and oxygen atoms in total. The molecule has 0 atom stereocenters. The Labute approximate surface area is 87.2 Å². The van der Waals surface area contributed by atoms with Crippen LogP contribution in [0.25, 0.3) is 5.69 Å². The minimum atomic E-state index is -1.27. The van der Waals surface area contributed by atoms with Crippen molar-refractivity contribution in [3.8, 4) is 5.69 Å². The standard InChI is InChI=1S/C8H4F3N3S/c9-4-1-5(10)7(11)6(2-4)14-3-12-13-8(14)15/h1-3H,(H,13,15). The summed E-state index contributed by atoms with van der Waals surface area (Å²) in [5.41, 5.74) is -0.314. The molecule has 0 aliphatic carbocycles. The van der Waals surface area contributed by atoms with Crippen LogP contribution >= 0.6 is 12.2 Å². The summed E-state index contributed by atoms with van der Waals surface area (Å²) in [4.78, 5) is 0. The fourth-order valence-electron chi connectivity index (χ4n) is 1.14. The van der Waals surface area contributed by atoms with Crippen molar-refractivity contribution >= 4 is 12.2 Å². The molecule has 0 aliphatic rings. The Morgan fingerprint density at radius 2 is 2.00 bits per heavy atom. The second-order valence-electron chi connectivity index (χ2n) is 2.75. The lowest BCUT2D eigenvalue weighted by atomic mass is 10.3. The van der Waals surface area contributed by atoms with Gasteiger partial charge < -0.3 is 0 Å². The lowest BCUT2D eigenvalue weighted by Gasteiger charge is -2.03. The first-order valence-electron chi connectivity index (χ1n) is 3.86. The van der Waals surface area contributed by atoms with E-state index in [2.05, 4.69) is 10.2 Å². The summed E-state index contributed by atoms with van der Waals surface area (Å²) in [6.07, 6.45) is 1.14. The van der Waals surface area contributed by atoms with Gasteiger partial charge in [-0.3, -0.25) is 9.67 Å². The number of nitrogens with one attached hydrogen (secondary N) is 1. The highest BCUT2D eigenvalue weighted by Gasteiger charge is 2.13. The van der Waals surface area contributed by atoms with Gasteiger partial charge in [0, 0.05) is 12.1 Å². The SMILES string of the molecule is Fc1cc(F)c(F)c(-n2cn[nH]c2=S)c1. The first kappa shape index (κ1) is 9.91. The van der Waals surface area contributed by atoms with E-state index in [9.17, 15) is 13.2 Å². The molecule has 0 amide bonds. The van der Waals surface area contributed by atoms with Crippen LogP contribution in [-0.4, -0.2) is 14.8 Å². The van der Waals surface area contributed by atoms with Gasteiger partial charge in [-0.15, -0.1) is 0 Å². The number of nitrogens with zero attached hydrogens (tertiary/aromatic N) is 2. The molecule has 0 saturated heterocycles. The number of hydrogen-bond donors (Lipinski definition) is 1. The first-order chi connectivity index (χ1) is 7.09. The number of hydrogen-bond acceptors (Lipinski definition) is 2. The molecule has 1 aromatic carbocycles. The van der Waals surface area contributed by atoms with Crippen LogP contribution in [0.1, 0.15) is 0 Å². The predicted molar refractivity (Wildman–Crippen MR) is 48.6 cm³/mol. The van der Waals surface area contributed by atoms with Crippen molar-refractivity contribution < 1.29 is 13.2 Å². The van der Waals surface area contributed by atoms with Crippen LogP contribution in [0.5, 0.6) is 0 Å². The van der Waals surface area contributed by atoms with Crippen molar-refractivity contribution in [3.05, 3.63) is 40.7 Å². The van der Waals surface area contributed by atoms with E-state index >= 15 is 0 Å². The summed E-state index contributed by atoms with van der Waals surface area (Å²) < 4.78 is 40.1. The fourth-order valence-corrected chi connectivity index (χ4v) is 1.34. The van der Waals surface area contributed by atoms with Crippen LogP contribution in [-0.2, 0) is 0 Å². The van der Waals surface area contributed by atoms with Gasteiger partial charge in [-0.2, -0.15) is 5.10 Å². The van der Waals surface area contributed by atoms with Crippen molar-refractivity contribution in [1.29, 1.82) is 0 Å². The summed E-state index contributed by atoms with van der Waals surface area (Å²) in [6, 6.07) is 1.30. The molecule has 78 valence electrons. The highest BCUT2D eigenvalue weighted by atomic mass is 32.1. The maximum atomic E-state index is 13.3. The van der Waals surface area contributed by atoms with Crippen molar-refractivity contribution in [3.63, 3.8) is 0 Å². The van der Waals surface area contributed by atoms with E-state index in [0.29, 0.717) is 6.07 Å². The maximum Gasteiger partial charge on any atom is 0.199 e. The number of H-pyrrole nitrogens is 1. The third kappa shape index (κ3) is 1.65. The average Bonchev–Trinajstić information content (AvgIpc) is 2.58. The summed E-state index contributed by atoms with van der Waals surface area (Å²) in [7, 11) is 0. The average molecular weight is 231 g/mol. The third-order valence-corrected chi connectivity index (χ3v) is 2.07. The van der Waals surface area contributed by atoms with Crippen molar-refractivity contribution in [1.82, 2.24) is 14.8 Å². The molecule has 1 aromatic heterocycles. The van der Waals surface area contributed by atoms with Crippen LogP contribution < -0.4 is 0 Å². The molecule has 0 fully saturated rings. The van der Waals surface area contributed by atoms with Gasteiger partial charge in [-0.1, -0.05) is 0 Å². The molecular weight excluding hydrogens is 227 g/mol. The van der Waals surface area contributed by atoms with Gasteiger partial charge in [0.05, 0.1) is 5.69 Å². The Morgan fingerprint density at radius 1 is 1.27 bits per heavy atom. The van der Waals surface area contributed by atoms with Gasteiger partial charge >= 0.3 is 0 Å². The summed E-state index contributed by atoms with van der Waals surface area (Å²) in [5, 5.41) is 5.87. The number of aromatic amines is 1. The Kier molecular flexibility index (Phi) is 2.31. The molecule has 0 saturated carbocycles. The van der Waals surface area contributed by atoms with Crippen LogP contribution in [0.2, 0.25) is 0 Å². The Balaban J connectivity index is 2.73. The normalized spacial score (nSPS) is 10.6. The molecule has 1 N–H and O–H groups in total. The molecule has 2 rings (SSSR count). The van der Waals surface area contributed by atoms with Gasteiger partial charge in [0.15, 0.2) is 16.4 Å². The Morgan fingerprint density at radius 3 is 2.60 bits per heavy atom. The molecule has 1 heterocycles. The van der Waals surface area contributed by atoms with E-state index in [0.717, 1.165) is 17.0 Å². The summed E-state index contributed by atoms with van der Waals surface area (Å²) >= 11 is 4.75. The zero-order valence-corrected chi connectivity index (χ0v) is 7.99. The molecule has 0 bridgehead atoms. The van der Waals surface area contributed by atoms with Gasteiger partial charge in [0.2, 0.25) is 0 Å². The van der Waals surface area contributed by atoms with E-state index in [1.807, 2.05) is 0 Å². The van der Waals surface area contributed by atoms with Crippen LogP contribution in [0.15, 0.2) is 18.5 Å². The minimum Gasteiger partial charge on any atom is -0.272 e. The zero-order valence-electron chi connectivity index (χ0n) is 7.17. The summed E-state index contributed by atoms with van der Waals surface area (Å²) in [5.74, 6) is -3.33. The molecule has 7 heteroatoms. The lowest BCUT2D eigenvalue weighted by molar-refractivity contribution is 0.490. The fraction of sp³-hybridized carbons (Fsp3) is 0. The summed E-state index contributed by atoms with van der Waals surface area (Å²) in [6.45, 7) is 0. The van der Waals surface area contributed by atoms with Crippen LogP contribution in [0, 0.1) is 22.2 Å². The topological polar surface area (TPSA) is 33.6 Å². The third-order valence-electron chi connectivity index (χ3n) is 1.79. The van der Waals surface area contributed by atoms with E-state index in [-0.39, 0.29) is 10.5 Å². The number of benzene rings is 1. The maximum absolute atomic E-state index is 13.3. The highest BCUT2D eigenvalue weighted by molar-refractivity contribution is 7.71. The van der Waals surface area contributed by atoms with Gasteiger partial charge in [-0.05, 0) is 12.2 Å². The van der Waals surface area contributed by atoms with Crippen molar-refractivity contribution in [2.45, 2.75) is 0 Å². The molecular formula is C8H4F3N3S. The second kappa shape index (κ2) is 3.50.